The van der Waals surface area contributed by atoms with Gasteiger partial charge in [0.25, 0.3) is 15.9 Å². The van der Waals surface area contributed by atoms with E-state index in [1.807, 2.05) is 0 Å². The summed E-state index contributed by atoms with van der Waals surface area (Å²) in [5, 5.41) is 2.31. The summed E-state index contributed by atoms with van der Waals surface area (Å²) in [4.78, 5) is 12.4. The molecule has 0 bridgehead atoms. The summed E-state index contributed by atoms with van der Waals surface area (Å²) in [5.41, 5.74) is 1.42. The molecule has 2 N–H and O–H groups in total. The van der Waals surface area contributed by atoms with E-state index in [0.29, 0.717) is 17.3 Å². The van der Waals surface area contributed by atoms with Crippen molar-refractivity contribution in [3.05, 3.63) is 89.0 Å². The van der Waals surface area contributed by atoms with Crippen molar-refractivity contribution in [2.24, 2.45) is 0 Å². The lowest BCUT2D eigenvalue weighted by molar-refractivity contribution is 0.102. The van der Waals surface area contributed by atoms with Crippen LogP contribution in [0.15, 0.2) is 65.6 Å². The van der Waals surface area contributed by atoms with Crippen LogP contribution in [0, 0.1) is 25.5 Å². The summed E-state index contributed by atoms with van der Waals surface area (Å²) < 4.78 is 55.0. The highest BCUT2D eigenvalue weighted by molar-refractivity contribution is 7.92. The highest BCUT2D eigenvalue weighted by Crippen LogP contribution is 2.23. The maximum Gasteiger partial charge on any atom is 0.262 e. The van der Waals surface area contributed by atoms with Crippen molar-refractivity contribution in [2.75, 3.05) is 10.0 Å². The van der Waals surface area contributed by atoms with E-state index in [4.69, 9.17) is 0 Å². The van der Waals surface area contributed by atoms with Gasteiger partial charge < -0.3 is 5.32 Å². The lowest BCUT2D eigenvalue weighted by Crippen LogP contribution is -2.18. The molecule has 1 amide bonds. The van der Waals surface area contributed by atoms with Crippen LogP contribution >= 0.6 is 0 Å². The topological polar surface area (TPSA) is 75.3 Å². The minimum atomic E-state index is -3.96. The smallest absolute Gasteiger partial charge is 0.262 e. The zero-order valence-electron chi connectivity index (χ0n) is 15.7. The van der Waals surface area contributed by atoms with E-state index in [1.54, 1.807) is 38.1 Å². The molecule has 3 aromatic carbocycles. The van der Waals surface area contributed by atoms with E-state index < -0.39 is 27.6 Å². The SMILES string of the molecule is Cc1ccccc1NS(=O)(=O)c1cc(C(=O)Nc2ccc(F)cc2F)ccc1C. The Kier molecular flexibility index (Phi) is 5.65. The van der Waals surface area contributed by atoms with Crippen molar-refractivity contribution in [3.8, 4) is 0 Å². The van der Waals surface area contributed by atoms with E-state index in [-0.39, 0.29) is 16.1 Å². The normalized spacial score (nSPS) is 11.2. The van der Waals surface area contributed by atoms with Crippen LogP contribution in [0.25, 0.3) is 0 Å². The Hall–Kier alpha value is -3.26. The minimum absolute atomic E-state index is 0.0180. The number of hydrogen-bond acceptors (Lipinski definition) is 3. The number of sulfonamides is 1. The molecular formula is C21H18F2N2O3S. The quantitative estimate of drug-likeness (QED) is 0.637. The fourth-order valence-corrected chi connectivity index (χ4v) is 4.11. The molecular weight excluding hydrogens is 398 g/mol. The number of rotatable bonds is 5. The number of amides is 1. The Labute approximate surface area is 167 Å². The Balaban J connectivity index is 1.91. The Morgan fingerprint density at radius 1 is 0.862 bits per heavy atom. The Morgan fingerprint density at radius 2 is 1.59 bits per heavy atom. The third-order valence-electron chi connectivity index (χ3n) is 4.31. The largest absolute Gasteiger partial charge is 0.319 e. The molecule has 0 unspecified atom stereocenters. The average Bonchev–Trinajstić information content (AvgIpc) is 2.66. The van der Waals surface area contributed by atoms with E-state index in [0.717, 1.165) is 17.7 Å². The van der Waals surface area contributed by atoms with Gasteiger partial charge in [-0.15, -0.1) is 0 Å². The lowest BCUT2D eigenvalue weighted by Gasteiger charge is -2.13. The molecule has 150 valence electrons. The van der Waals surface area contributed by atoms with E-state index >= 15 is 0 Å². The first-order valence-corrected chi connectivity index (χ1v) is 10.1. The number of anilines is 2. The fourth-order valence-electron chi connectivity index (χ4n) is 2.70. The van der Waals surface area contributed by atoms with Gasteiger partial charge in [0.15, 0.2) is 0 Å². The molecule has 0 aliphatic heterocycles. The van der Waals surface area contributed by atoms with Crippen LogP contribution in [0.5, 0.6) is 0 Å². The van der Waals surface area contributed by atoms with Gasteiger partial charge in [-0.05, 0) is 55.3 Å². The molecule has 5 nitrogen and oxygen atoms in total. The van der Waals surface area contributed by atoms with Crippen LogP contribution in [0.3, 0.4) is 0 Å². The third kappa shape index (κ3) is 4.60. The Bertz CT molecular complexity index is 1190. The summed E-state index contributed by atoms with van der Waals surface area (Å²) in [6, 6.07) is 13.8. The highest BCUT2D eigenvalue weighted by Gasteiger charge is 2.20. The van der Waals surface area contributed by atoms with Crippen LogP contribution in [-0.2, 0) is 10.0 Å². The molecule has 0 saturated heterocycles. The first-order chi connectivity index (χ1) is 13.7. The van der Waals surface area contributed by atoms with Gasteiger partial charge in [0.2, 0.25) is 0 Å². The van der Waals surface area contributed by atoms with Gasteiger partial charge in [-0.25, -0.2) is 17.2 Å². The molecule has 0 aromatic heterocycles. The van der Waals surface area contributed by atoms with Crippen LogP contribution in [-0.4, -0.2) is 14.3 Å². The summed E-state index contributed by atoms with van der Waals surface area (Å²) in [6.45, 7) is 3.37. The zero-order valence-corrected chi connectivity index (χ0v) is 16.5. The van der Waals surface area contributed by atoms with Crippen molar-refractivity contribution >= 4 is 27.3 Å². The predicted octanol–water partition coefficient (Wildman–Crippen LogP) is 4.63. The summed E-state index contributed by atoms with van der Waals surface area (Å²) in [6.07, 6.45) is 0. The monoisotopic (exact) mass is 416 g/mol. The van der Waals surface area contributed by atoms with Crippen LogP contribution in [0.1, 0.15) is 21.5 Å². The third-order valence-corrected chi connectivity index (χ3v) is 5.82. The molecule has 0 aliphatic rings. The summed E-state index contributed by atoms with van der Waals surface area (Å²) >= 11 is 0. The van der Waals surface area contributed by atoms with Crippen LogP contribution < -0.4 is 10.0 Å². The standard InChI is InChI=1S/C21H18F2N2O3S/c1-13-5-3-4-6-18(13)25-29(27,28)20-11-15(8-7-14(20)2)21(26)24-19-10-9-16(22)12-17(19)23/h3-12,25H,1-2H3,(H,24,26). The molecule has 3 rings (SSSR count). The second-order valence-electron chi connectivity index (χ2n) is 6.48. The second-order valence-corrected chi connectivity index (χ2v) is 8.13. The average molecular weight is 416 g/mol. The highest BCUT2D eigenvalue weighted by atomic mass is 32.2. The second kappa shape index (κ2) is 8.00. The number of carbonyl (C=O) groups excluding carboxylic acids is 1. The molecule has 0 saturated carbocycles. The first kappa shape index (κ1) is 20.5. The lowest BCUT2D eigenvalue weighted by atomic mass is 10.1. The predicted molar refractivity (Wildman–Crippen MR) is 107 cm³/mol. The van der Waals surface area contributed by atoms with Crippen LogP contribution in [0.4, 0.5) is 20.2 Å². The number of nitrogens with one attached hydrogen (secondary N) is 2. The first-order valence-electron chi connectivity index (χ1n) is 8.63. The number of para-hydroxylation sites is 1. The van der Waals surface area contributed by atoms with Crippen molar-refractivity contribution < 1.29 is 22.0 Å². The number of benzene rings is 3. The fraction of sp³-hybridized carbons (Fsp3) is 0.0952. The summed E-state index contributed by atoms with van der Waals surface area (Å²) in [5.74, 6) is -2.42. The molecule has 3 aromatic rings. The maximum atomic E-state index is 13.8. The van der Waals surface area contributed by atoms with Crippen molar-refractivity contribution in [1.82, 2.24) is 0 Å². The molecule has 0 fully saturated rings. The van der Waals surface area contributed by atoms with Crippen molar-refractivity contribution in [1.29, 1.82) is 0 Å². The zero-order chi connectivity index (χ0) is 21.2. The summed E-state index contributed by atoms with van der Waals surface area (Å²) in [7, 11) is -3.96. The molecule has 8 heteroatoms. The van der Waals surface area contributed by atoms with Gasteiger partial charge in [0.1, 0.15) is 11.6 Å². The number of aryl methyl sites for hydroxylation is 2. The van der Waals surface area contributed by atoms with Crippen molar-refractivity contribution in [2.45, 2.75) is 18.7 Å². The van der Waals surface area contributed by atoms with E-state index in [9.17, 15) is 22.0 Å². The Morgan fingerprint density at radius 3 is 2.28 bits per heavy atom. The van der Waals surface area contributed by atoms with Gasteiger partial charge in [-0.1, -0.05) is 24.3 Å². The molecule has 0 aliphatic carbocycles. The number of hydrogen-bond donors (Lipinski definition) is 2. The van der Waals surface area contributed by atoms with E-state index in [2.05, 4.69) is 10.0 Å². The molecule has 0 heterocycles. The van der Waals surface area contributed by atoms with Gasteiger partial charge in [-0.2, -0.15) is 0 Å². The maximum absolute atomic E-state index is 13.8. The van der Waals surface area contributed by atoms with E-state index in [1.165, 1.54) is 18.2 Å². The van der Waals surface area contributed by atoms with Gasteiger partial charge >= 0.3 is 0 Å². The number of halogens is 2. The van der Waals surface area contributed by atoms with Crippen LogP contribution in [0.2, 0.25) is 0 Å². The number of carbonyl (C=O) groups is 1. The van der Waals surface area contributed by atoms with Gasteiger partial charge in [-0.3, -0.25) is 9.52 Å². The molecule has 0 spiro atoms. The minimum Gasteiger partial charge on any atom is -0.319 e. The molecule has 0 atom stereocenters. The van der Waals surface area contributed by atoms with Gasteiger partial charge in [0.05, 0.1) is 16.3 Å². The molecule has 29 heavy (non-hydrogen) atoms. The molecule has 0 radical (unpaired) electrons. The van der Waals surface area contributed by atoms with Gasteiger partial charge in [0, 0.05) is 11.6 Å². The van der Waals surface area contributed by atoms with Crippen molar-refractivity contribution in [3.63, 3.8) is 0 Å².